The summed E-state index contributed by atoms with van der Waals surface area (Å²) in [6.45, 7) is 7.69. The number of hydrogen-bond acceptors (Lipinski definition) is 6. The number of carbonyl (C=O) groups is 2. The van der Waals surface area contributed by atoms with E-state index >= 15 is 0 Å². The molecule has 48 heavy (non-hydrogen) atoms. The van der Waals surface area contributed by atoms with Crippen LogP contribution < -0.4 is 19.1 Å². The Morgan fingerprint density at radius 1 is 0.771 bits per heavy atom. The minimum absolute atomic E-state index is 0.0706. The van der Waals surface area contributed by atoms with Gasteiger partial charge in [-0.25, -0.2) is 8.42 Å². The number of carbonyl (C=O) groups excluding carboxylic acids is 2. The SMILES string of the molecule is CCCNC(=O)[C@@H](Cc1ccccc1)N(Cc1ccc(C)cc1)C(=O)CN(c1cc(C)cc(C)c1)S(=O)(=O)c1ccc(OC)c(OC)c1. The Morgan fingerprint density at radius 3 is 2.02 bits per heavy atom. The van der Waals surface area contributed by atoms with Crippen LogP contribution in [0.4, 0.5) is 5.69 Å². The van der Waals surface area contributed by atoms with E-state index in [1.807, 2.05) is 88.4 Å². The van der Waals surface area contributed by atoms with Crippen LogP contribution in [0.3, 0.4) is 0 Å². The summed E-state index contributed by atoms with van der Waals surface area (Å²) in [5.41, 5.74) is 4.75. The van der Waals surface area contributed by atoms with E-state index in [2.05, 4.69) is 5.32 Å². The number of rotatable bonds is 15. The van der Waals surface area contributed by atoms with Crippen LogP contribution in [0.25, 0.3) is 0 Å². The lowest BCUT2D eigenvalue weighted by Crippen LogP contribution is -2.53. The van der Waals surface area contributed by atoms with Crippen LogP contribution >= 0.6 is 0 Å². The lowest BCUT2D eigenvalue weighted by atomic mass is 10.0. The zero-order valence-electron chi connectivity index (χ0n) is 28.5. The molecule has 0 heterocycles. The van der Waals surface area contributed by atoms with E-state index < -0.39 is 28.5 Å². The van der Waals surface area contributed by atoms with E-state index in [-0.39, 0.29) is 29.5 Å². The van der Waals surface area contributed by atoms with E-state index in [9.17, 15) is 18.0 Å². The van der Waals surface area contributed by atoms with Crippen LogP contribution in [0.15, 0.2) is 95.9 Å². The molecule has 0 saturated heterocycles. The molecule has 9 nitrogen and oxygen atoms in total. The standard InChI is InChI=1S/C38H45N3O6S/c1-7-19-39-38(43)34(23-30-11-9-8-10-12-30)40(25-31-15-13-27(2)14-16-31)37(42)26-41(32-21-28(3)20-29(4)22-32)48(44,45)33-17-18-35(46-5)36(24-33)47-6/h8-18,20-22,24,34H,7,19,23,25-26H2,1-6H3,(H,39,43)/t34-/m1/s1. The summed E-state index contributed by atoms with van der Waals surface area (Å²) in [6.07, 6.45) is 0.972. The van der Waals surface area contributed by atoms with Crippen molar-refractivity contribution in [2.24, 2.45) is 0 Å². The molecule has 1 atom stereocenters. The van der Waals surface area contributed by atoms with Crippen molar-refractivity contribution in [3.8, 4) is 11.5 Å². The first kappa shape index (κ1) is 36.0. The number of hydrogen-bond donors (Lipinski definition) is 1. The number of benzene rings is 4. The van der Waals surface area contributed by atoms with Gasteiger partial charge in [0.15, 0.2) is 11.5 Å². The van der Waals surface area contributed by atoms with Gasteiger partial charge in [-0.1, -0.05) is 73.2 Å². The molecule has 0 fully saturated rings. The molecule has 4 rings (SSSR count). The number of aryl methyl sites for hydroxylation is 3. The third-order valence-corrected chi connectivity index (χ3v) is 9.78. The summed E-state index contributed by atoms with van der Waals surface area (Å²) in [7, 11) is -1.42. The van der Waals surface area contributed by atoms with Crippen molar-refractivity contribution < 1.29 is 27.5 Å². The van der Waals surface area contributed by atoms with Crippen molar-refractivity contribution in [2.75, 3.05) is 31.6 Å². The van der Waals surface area contributed by atoms with Crippen LogP contribution in [0.1, 0.15) is 41.2 Å². The molecule has 0 aliphatic heterocycles. The molecule has 0 bridgehead atoms. The molecule has 254 valence electrons. The van der Waals surface area contributed by atoms with Crippen LogP contribution in [-0.4, -0.2) is 58.5 Å². The second kappa shape index (κ2) is 16.3. The maximum absolute atomic E-state index is 14.7. The van der Waals surface area contributed by atoms with Gasteiger partial charge in [-0.2, -0.15) is 0 Å². The zero-order chi connectivity index (χ0) is 34.8. The van der Waals surface area contributed by atoms with Crippen LogP contribution in [0.5, 0.6) is 11.5 Å². The maximum atomic E-state index is 14.7. The van der Waals surface area contributed by atoms with E-state index in [1.54, 1.807) is 12.1 Å². The Morgan fingerprint density at radius 2 is 1.42 bits per heavy atom. The zero-order valence-corrected chi connectivity index (χ0v) is 29.3. The minimum Gasteiger partial charge on any atom is -0.493 e. The number of nitrogens with zero attached hydrogens (tertiary/aromatic N) is 2. The molecule has 0 aliphatic carbocycles. The number of ether oxygens (including phenoxy) is 2. The van der Waals surface area contributed by atoms with Gasteiger partial charge in [0.2, 0.25) is 11.8 Å². The summed E-state index contributed by atoms with van der Waals surface area (Å²) >= 11 is 0. The first-order valence-corrected chi connectivity index (χ1v) is 17.4. The number of methoxy groups -OCH3 is 2. The lowest BCUT2D eigenvalue weighted by molar-refractivity contribution is -0.140. The van der Waals surface area contributed by atoms with Crippen molar-refractivity contribution in [3.63, 3.8) is 0 Å². The quantitative estimate of drug-likeness (QED) is 0.167. The predicted molar refractivity (Wildman–Crippen MR) is 189 cm³/mol. The summed E-state index contributed by atoms with van der Waals surface area (Å²) in [5.74, 6) is -0.216. The van der Waals surface area contributed by atoms with Gasteiger partial charge < -0.3 is 19.7 Å². The van der Waals surface area contributed by atoms with Crippen LogP contribution in [-0.2, 0) is 32.6 Å². The Labute approximate surface area is 284 Å². The first-order valence-electron chi connectivity index (χ1n) is 16.0. The Kier molecular flexibility index (Phi) is 12.2. The molecule has 0 spiro atoms. The first-order chi connectivity index (χ1) is 23.0. The van der Waals surface area contributed by atoms with E-state index in [0.717, 1.165) is 38.5 Å². The van der Waals surface area contributed by atoms with Gasteiger partial charge >= 0.3 is 0 Å². The van der Waals surface area contributed by atoms with Crippen molar-refractivity contribution in [3.05, 3.63) is 119 Å². The molecule has 1 N–H and O–H groups in total. The average molecular weight is 672 g/mol. The molecule has 0 saturated carbocycles. The predicted octanol–water partition coefficient (Wildman–Crippen LogP) is 5.99. The average Bonchev–Trinajstić information content (AvgIpc) is 3.07. The molecule has 2 amide bonds. The minimum atomic E-state index is -4.32. The fraction of sp³-hybridized carbons (Fsp3) is 0.316. The highest BCUT2D eigenvalue weighted by Gasteiger charge is 2.35. The van der Waals surface area contributed by atoms with Crippen molar-refractivity contribution in [1.29, 1.82) is 0 Å². The number of anilines is 1. The van der Waals surface area contributed by atoms with Crippen molar-refractivity contribution in [2.45, 2.75) is 58.0 Å². The van der Waals surface area contributed by atoms with E-state index in [1.165, 1.54) is 37.3 Å². The normalized spacial score (nSPS) is 11.8. The highest BCUT2D eigenvalue weighted by Crippen LogP contribution is 2.33. The molecule has 0 aromatic heterocycles. The molecule has 4 aromatic rings. The maximum Gasteiger partial charge on any atom is 0.264 e. The molecule has 0 unspecified atom stereocenters. The fourth-order valence-electron chi connectivity index (χ4n) is 5.54. The van der Waals surface area contributed by atoms with Gasteiger partial charge in [0, 0.05) is 25.6 Å². The van der Waals surface area contributed by atoms with Crippen LogP contribution in [0, 0.1) is 20.8 Å². The van der Waals surface area contributed by atoms with Crippen LogP contribution in [0.2, 0.25) is 0 Å². The molecule has 0 radical (unpaired) electrons. The summed E-state index contributed by atoms with van der Waals surface area (Å²) in [5, 5.41) is 2.97. The fourth-order valence-corrected chi connectivity index (χ4v) is 6.95. The largest absolute Gasteiger partial charge is 0.493 e. The summed E-state index contributed by atoms with van der Waals surface area (Å²) in [4.78, 5) is 29.9. The molecular formula is C38H45N3O6S. The number of sulfonamides is 1. The van der Waals surface area contributed by atoms with Gasteiger partial charge in [-0.3, -0.25) is 13.9 Å². The Hall–Kier alpha value is -4.83. The van der Waals surface area contributed by atoms with Gasteiger partial charge in [-0.15, -0.1) is 0 Å². The summed E-state index contributed by atoms with van der Waals surface area (Å²) < 4.78 is 40.8. The third-order valence-electron chi connectivity index (χ3n) is 8.01. The highest BCUT2D eigenvalue weighted by atomic mass is 32.2. The molecule has 4 aromatic carbocycles. The number of nitrogens with one attached hydrogen (secondary N) is 1. The smallest absolute Gasteiger partial charge is 0.264 e. The van der Waals surface area contributed by atoms with E-state index in [0.29, 0.717) is 18.0 Å². The van der Waals surface area contributed by atoms with Crippen molar-refractivity contribution in [1.82, 2.24) is 10.2 Å². The second-order valence-electron chi connectivity index (χ2n) is 11.9. The van der Waals surface area contributed by atoms with Gasteiger partial charge in [0.05, 0.1) is 24.8 Å². The molecule has 10 heteroatoms. The van der Waals surface area contributed by atoms with Gasteiger partial charge in [0.1, 0.15) is 12.6 Å². The molecule has 0 aliphatic rings. The van der Waals surface area contributed by atoms with Crippen molar-refractivity contribution >= 4 is 27.5 Å². The highest BCUT2D eigenvalue weighted by molar-refractivity contribution is 7.92. The number of amides is 2. The molecular weight excluding hydrogens is 627 g/mol. The van der Waals surface area contributed by atoms with E-state index in [4.69, 9.17) is 9.47 Å². The Balaban J connectivity index is 1.84. The third kappa shape index (κ3) is 8.95. The monoisotopic (exact) mass is 671 g/mol. The van der Waals surface area contributed by atoms with Gasteiger partial charge in [-0.05, 0) is 73.7 Å². The van der Waals surface area contributed by atoms with Gasteiger partial charge in [0.25, 0.3) is 10.0 Å². The lowest BCUT2D eigenvalue weighted by Gasteiger charge is -2.34. The summed E-state index contributed by atoms with van der Waals surface area (Å²) in [6, 6.07) is 26.1. The Bertz CT molecular complexity index is 1790. The topological polar surface area (TPSA) is 105 Å². The second-order valence-corrected chi connectivity index (χ2v) is 13.7.